The highest BCUT2D eigenvalue weighted by atomic mass is 16.3. The van der Waals surface area contributed by atoms with E-state index < -0.39 is 0 Å². The van der Waals surface area contributed by atoms with E-state index in [1.54, 1.807) is 0 Å². The van der Waals surface area contributed by atoms with Gasteiger partial charge in [-0.3, -0.25) is 0 Å². The van der Waals surface area contributed by atoms with E-state index in [9.17, 15) is 0 Å². The molecule has 1 aliphatic carbocycles. The zero-order chi connectivity index (χ0) is 27.3. The van der Waals surface area contributed by atoms with Gasteiger partial charge in [0.2, 0.25) is 0 Å². The highest BCUT2D eigenvalue weighted by Gasteiger charge is 2.38. The summed E-state index contributed by atoms with van der Waals surface area (Å²) in [5, 5.41) is 4.91. The van der Waals surface area contributed by atoms with Crippen molar-refractivity contribution in [3.8, 4) is 27.9 Å². The Labute approximate surface area is 238 Å². The molecule has 0 fully saturated rings. The predicted molar refractivity (Wildman–Crippen MR) is 171 cm³/mol. The van der Waals surface area contributed by atoms with E-state index in [1.165, 1.54) is 71.6 Å². The maximum atomic E-state index is 6.49. The summed E-state index contributed by atoms with van der Waals surface area (Å²) in [6.07, 6.45) is 0. The van der Waals surface area contributed by atoms with Gasteiger partial charge in [-0.15, -0.1) is 0 Å². The van der Waals surface area contributed by atoms with Crippen LogP contribution < -0.4 is 0 Å². The molecule has 2 aromatic heterocycles. The second kappa shape index (κ2) is 7.99. The summed E-state index contributed by atoms with van der Waals surface area (Å²) in [5.41, 5.74) is 13.1. The molecule has 0 amide bonds. The summed E-state index contributed by atoms with van der Waals surface area (Å²) in [7, 11) is 0. The van der Waals surface area contributed by atoms with E-state index in [1.807, 2.05) is 6.07 Å². The summed E-state index contributed by atoms with van der Waals surface area (Å²) in [6.45, 7) is 4.68. The first kappa shape index (κ1) is 22.7. The van der Waals surface area contributed by atoms with Crippen molar-refractivity contribution in [2.45, 2.75) is 19.3 Å². The third-order valence-electron chi connectivity index (χ3n) is 9.20. The largest absolute Gasteiger partial charge is 0.455 e. The summed E-state index contributed by atoms with van der Waals surface area (Å²) in [4.78, 5) is 0. The molecule has 8 aromatic rings. The van der Waals surface area contributed by atoms with Crippen molar-refractivity contribution in [2.75, 3.05) is 0 Å². The van der Waals surface area contributed by atoms with Crippen molar-refractivity contribution in [1.29, 1.82) is 0 Å². The SMILES string of the molecule is CC1(C)c2cc(-c3ccc4c(c3)c3ccccc3n4-c3ccccc3)ccc2-c2c1ccc1c2oc2ccccc21. The van der Waals surface area contributed by atoms with Crippen LogP contribution in [0.1, 0.15) is 25.0 Å². The summed E-state index contributed by atoms with van der Waals surface area (Å²) in [6, 6.07) is 46.2. The molecule has 0 bridgehead atoms. The molecule has 2 nitrogen and oxygen atoms in total. The number of rotatable bonds is 2. The van der Waals surface area contributed by atoms with Crippen molar-refractivity contribution in [1.82, 2.24) is 4.57 Å². The quantitative estimate of drug-likeness (QED) is 0.219. The number of hydrogen-bond acceptors (Lipinski definition) is 1. The molecular formula is C39H27NO. The van der Waals surface area contributed by atoms with Crippen LogP contribution in [-0.2, 0) is 5.41 Å². The van der Waals surface area contributed by atoms with Crippen molar-refractivity contribution in [3.63, 3.8) is 0 Å². The molecular weight excluding hydrogens is 498 g/mol. The van der Waals surface area contributed by atoms with E-state index >= 15 is 0 Å². The van der Waals surface area contributed by atoms with Gasteiger partial charge in [0.25, 0.3) is 0 Å². The Morgan fingerprint density at radius 2 is 1.24 bits per heavy atom. The molecule has 194 valence electrons. The number of para-hydroxylation sites is 3. The second-order valence-electron chi connectivity index (χ2n) is 11.8. The Hall–Kier alpha value is -5.08. The minimum Gasteiger partial charge on any atom is -0.455 e. The second-order valence-corrected chi connectivity index (χ2v) is 11.8. The summed E-state index contributed by atoms with van der Waals surface area (Å²) >= 11 is 0. The fraction of sp³-hybridized carbons (Fsp3) is 0.0769. The van der Waals surface area contributed by atoms with Crippen LogP contribution >= 0.6 is 0 Å². The van der Waals surface area contributed by atoms with E-state index in [0.29, 0.717) is 0 Å². The first-order valence-corrected chi connectivity index (χ1v) is 14.3. The van der Waals surface area contributed by atoms with E-state index in [4.69, 9.17) is 4.42 Å². The fourth-order valence-electron chi connectivity index (χ4n) is 7.19. The number of furan rings is 1. The first-order valence-electron chi connectivity index (χ1n) is 14.3. The number of fused-ring (bicyclic) bond motifs is 10. The number of aromatic nitrogens is 1. The lowest BCUT2D eigenvalue weighted by atomic mass is 9.81. The molecule has 9 rings (SSSR count). The van der Waals surface area contributed by atoms with E-state index in [-0.39, 0.29) is 5.41 Å². The van der Waals surface area contributed by atoms with Crippen LogP contribution in [0.5, 0.6) is 0 Å². The molecule has 41 heavy (non-hydrogen) atoms. The molecule has 0 N–H and O–H groups in total. The third-order valence-corrected chi connectivity index (χ3v) is 9.20. The van der Waals surface area contributed by atoms with Crippen LogP contribution in [0.15, 0.2) is 132 Å². The van der Waals surface area contributed by atoms with Gasteiger partial charge >= 0.3 is 0 Å². The molecule has 0 radical (unpaired) electrons. The van der Waals surface area contributed by atoms with Crippen LogP contribution in [0.4, 0.5) is 0 Å². The molecule has 0 saturated heterocycles. The monoisotopic (exact) mass is 525 g/mol. The average Bonchev–Trinajstić information content (AvgIpc) is 3.63. The lowest BCUT2D eigenvalue weighted by molar-refractivity contribution is 0.653. The van der Waals surface area contributed by atoms with Crippen molar-refractivity contribution < 1.29 is 4.42 Å². The van der Waals surface area contributed by atoms with Crippen molar-refractivity contribution >= 4 is 43.7 Å². The Balaban J connectivity index is 1.24. The van der Waals surface area contributed by atoms with Crippen LogP contribution in [0.2, 0.25) is 0 Å². The van der Waals surface area contributed by atoms with Gasteiger partial charge in [0.15, 0.2) is 0 Å². The van der Waals surface area contributed by atoms with Crippen LogP contribution in [0, 0.1) is 0 Å². The topological polar surface area (TPSA) is 18.1 Å². The van der Waals surface area contributed by atoms with E-state index in [2.05, 4.69) is 140 Å². The minimum atomic E-state index is -0.124. The first-order chi connectivity index (χ1) is 20.1. The lowest BCUT2D eigenvalue weighted by Crippen LogP contribution is -2.14. The average molecular weight is 526 g/mol. The molecule has 2 heteroatoms. The number of benzene rings is 6. The Bertz CT molecular complexity index is 2330. The normalized spacial score (nSPS) is 13.8. The van der Waals surface area contributed by atoms with Crippen molar-refractivity contribution in [2.24, 2.45) is 0 Å². The summed E-state index contributed by atoms with van der Waals surface area (Å²) < 4.78 is 8.86. The fourth-order valence-corrected chi connectivity index (χ4v) is 7.19. The highest BCUT2D eigenvalue weighted by Crippen LogP contribution is 2.53. The zero-order valence-corrected chi connectivity index (χ0v) is 23.0. The van der Waals surface area contributed by atoms with Gasteiger partial charge in [-0.25, -0.2) is 0 Å². The molecule has 0 atom stereocenters. The zero-order valence-electron chi connectivity index (χ0n) is 23.0. The molecule has 0 unspecified atom stereocenters. The van der Waals surface area contributed by atoms with Gasteiger partial charge in [-0.1, -0.05) is 98.8 Å². The number of nitrogens with zero attached hydrogens (tertiary/aromatic N) is 1. The molecule has 0 aliphatic heterocycles. The van der Waals surface area contributed by atoms with Gasteiger partial charge < -0.3 is 8.98 Å². The van der Waals surface area contributed by atoms with Crippen LogP contribution in [-0.4, -0.2) is 4.57 Å². The molecule has 0 saturated carbocycles. The Morgan fingerprint density at radius 1 is 0.537 bits per heavy atom. The molecule has 0 spiro atoms. The van der Waals surface area contributed by atoms with Crippen LogP contribution in [0.25, 0.3) is 71.7 Å². The standard InChI is InChI=1S/C39H27NO/c1-39(2)32-20-19-29-28-13-7-9-15-36(28)41-38(29)37(32)30-18-16-25(23-33(30)39)24-17-21-35-31(22-24)27-12-6-8-14-34(27)40(35)26-10-4-3-5-11-26/h3-23H,1-2H3. The van der Waals surface area contributed by atoms with Crippen LogP contribution in [0.3, 0.4) is 0 Å². The Morgan fingerprint density at radius 3 is 2.12 bits per heavy atom. The smallest absolute Gasteiger partial charge is 0.143 e. The number of hydrogen-bond donors (Lipinski definition) is 0. The van der Waals surface area contributed by atoms with Gasteiger partial charge in [-0.2, -0.15) is 0 Å². The van der Waals surface area contributed by atoms with Gasteiger partial charge in [0, 0.05) is 38.2 Å². The molecule has 6 aromatic carbocycles. The van der Waals surface area contributed by atoms with Gasteiger partial charge in [-0.05, 0) is 70.3 Å². The third kappa shape index (κ3) is 3.02. The van der Waals surface area contributed by atoms with Crippen molar-refractivity contribution in [3.05, 3.63) is 139 Å². The van der Waals surface area contributed by atoms with Gasteiger partial charge in [0.05, 0.1) is 11.0 Å². The highest BCUT2D eigenvalue weighted by molar-refractivity contribution is 6.12. The maximum absolute atomic E-state index is 6.49. The minimum absolute atomic E-state index is 0.124. The molecule has 1 aliphatic rings. The maximum Gasteiger partial charge on any atom is 0.143 e. The lowest BCUT2D eigenvalue weighted by Gasteiger charge is -2.22. The summed E-state index contributed by atoms with van der Waals surface area (Å²) in [5.74, 6) is 0. The van der Waals surface area contributed by atoms with Gasteiger partial charge in [0.1, 0.15) is 11.2 Å². The molecule has 2 heterocycles. The van der Waals surface area contributed by atoms with E-state index in [0.717, 1.165) is 11.2 Å². The predicted octanol–water partition coefficient (Wildman–Crippen LogP) is 10.7. The Kier molecular flexibility index (Phi) is 4.42.